The molecule has 2 aliphatic rings. The molecule has 1 aromatic rings. The summed E-state index contributed by atoms with van der Waals surface area (Å²) in [5.74, 6) is -0.0678. The summed E-state index contributed by atoms with van der Waals surface area (Å²) in [5.41, 5.74) is 3.58. The smallest absolute Gasteiger partial charge is 0.243 e. The van der Waals surface area contributed by atoms with Crippen molar-refractivity contribution in [2.75, 3.05) is 24.6 Å². The van der Waals surface area contributed by atoms with E-state index < -0.39 is 10.0 Å². The van der Waals surface area contributed by atoms with Crippen molar-refractivity contribution < 1.29 is 13.2 Å². The molecule has 0 aliphatic carbocycles. The molecule has 2 saturated heterocycles. The maximum absolute atomic E-state index is 12.6. The van der Waals surface area contributed by atoms with Crippen LogP contribution in [0.3, 0.4) is 0 Å². The maximum atomic E-state index is 12.6. The average Bonchev–Trinajstić information content (AvgIpc) is 2.88. The van der Waals surface area contributed by atoms with Crippen LogP contribution in [-0.2, 0) is 14.8 Å². The van der Waals surface area contributed by atoms with E-state index in [1.54, 1.807) is 33.6 Å². The number of piperidine rings is 1. The monoisotopic (exact) mass is 323 g/mol. The SMILES string of the molecule is C[C@H]1CN(c2ccc(S(=O)(=O)N3CCCCC3)cc2)NC1=O. The molecule has 2 fully saturated rings. The predicted molar refractivity (Wildman–Crippen MR) is 83.7 cm³/mol. The minimum Gasteiger partial charge on any atom is -0.285 e. The highest BCUT2D eigenvalue weighted by atomic mass is 32.2. The molecule has 0 radical (unpaired) electrons. The first-order valence-corrected chi connectivity index (χ1v) is 9.11. The van der Waals surface area contributed by atoms with E-state index in [1.165, 1.54) is 0 Å². The summed E-state index contributed by atoms with van der Waals surface area (Å²) < 4.78 is 26.7. The van der Waals surface area contributed by atoms with Crippen molar-refractivity contribution in [1.82, 2.24) is 9.73 Å². The summed E-state index contributed by atoms with van der Waals surface area (Å²) in [6, 6.07) is 6.73. The fourth-order valence-corrected chi connectivity index (χ4v) is 4.39. The van der Waals surface area contributed by atoms with Crippen LogP contribution >= 0.6 is 0 Å². The van der Waals surface area contributed by atoms with Crippen LogP contribution < -0.4 is 10.4 Å². The Labute approximate surface area is 131 Å². The summed E-state index contributed by atoms with van der Waals surface area (Å²) >= 11 is 0. The number of sulfonamides is 1. The Bertz CT molecular complexity index is 651. The second kappa shape index (κ2) is 5.89. The van der Waals surface area contributed by atoms with Gasteiger partial charge in [0, 0.05) is 13.1 Å². The third-order valence-corrected chi connectivity index (χ3v) is 6.16. The number of hydrogen-bond acceptors (Lipinski definition) is 4. The minimum atomic E-state index is -3.40. The average molecular weight is 323 g/mol. The van der Waals surface area contributed by atoms with Gasteiger partial charge in [0.05, 0.1) is 23.0 Å². The van der Waals surface area contributed by atoms with E-state index in [4.69, 9.17) is 0 Å². The number of carbonyl (C=O) groups excluding carboxylic acids is 1. The quantitative estimate of drug-likeness (QED) is 0.911. The van der Waals surface area contributed by atoms with Crippen molar-refractivity contribution in [3.8, 4) is 0 Å². The number of hydrazine groups is 1. The van der Waals surface area contributed by atoms with Gasteiger partial charge < -0.3 is 0 Å². The first-order chi connectivity index (χ1) is 10.5. The van der Waals surface area contributed by atoms with Gasteiger partial charge in [-0.15, -0.1) is 0 Å². The Morgan fingerprint density at radius 2 is 1.73 bits per heavy atom. The normalized spacial score (nSPS) is 23.6. The zero-order valence-corrected chi connectivity index (χ0v) is 13.5. The molecule has 3 rings (SSSR count). The molecule has 22 heavy (non-hydrogen) atoms. The van der Waals surface area contributed by atoms with E-state index in [-0.39, 0.29) is 11.8 Å². The summed E-state index contributed by atoms with van der Waals surface area (Å²) in [6.07, 6.45) is 2.95. The van der Waals surface area contributed by atoms with Crippen LogP contribution in [0.2, 0.25) is 0 Å². The molecule has 6 nitrogen and oxygen atoms in total. The van der Waals surface area contributed by atoms with Gasteiger partial charge >= 0.3 is 0 Å². The van der Waals surface area contributed by atoms with Crippen molar-refractivity contribution >= 4 is 21.6 Å². The molecule has 2 aliphatic heterocycles. The molecule has 0 unspecified atom stereocenters. The lowest BCUT2D eigenvalue weighted by Crippen LogP contribution is -2.35. The van der Waals surface area contributed by atoms with Gasteiger partial charge in [0.1, 0.15) is 0 Å². The van der Waals surface area contributed by atoms with Crippen LogP contribution in [0.5, 0.6) is 0 Å². The molecule has 0 bridgehead atoms. The van der Waals surface area contributed by atoms with Gasteiger partial charge in [-0.2, -0.15) is 4.31 Å². The Morgan fingerprint density at radius 3 is 2.27 bits per heavy atom. The maximum Gasteiger partial charge on any atom is 0.243 e. The third kappa shape index (κ3) is 2.83. The Morgan fingerprint density at radius 1 is 1.09 bits per heavy atom. The minimum absolute atomic E-state index is 0.00925. The number of carbonyl (C=O) groups is 1. The molecule has 1 atom stereocenters. The topological polar surface area (TPSA) is 69.7 Å². The lowest BCUT2D eigenvalue weighted by molar-refractivity contribution is -0.121. The Kier molecular flexibility index (Phi) is 4.10. The number of hydrogen-bond donors (Lipinski definition) is 1. The zero-order chi connectivity index (χ0) is 15.7. The number of amides is 1. The molecule has 1 aromatic carbocycles. The van der Waals surface area contributed by atoms with E-state index in [1.807, 2.05) is 6.92 Å². The number of anilines is 1. The highest BCUT2D eigenvalue weighted by Crippen LogP contribution is 2.24. The van der Waals surface area contributed by atoms with Crippen LogP contribution in [0.15, 0.2) is 29.2 Å². The zero-order valence-electron chi connectivity index (χ0n) is 12.7. The first-order valence-electron chi connectivity index (χ1n) is 7.67. The van der Waals surface area contributed by atoms with Gasteiger partial charge in [-0.3, -0.25) is 15.2 Å². The standard InChI is InChI=1S/C15H21N3O3S/c1-12-11-18(16-15(12)19)13-5-7-14(8-6-13)22(20,21)17-9-3-2-4-10-17/h5-8,12H,2-4,9-11H2,1H3,(H,16,19)/t12-/m0/s1. The van der Waals surface area contributed by atoms with Gasteiger partial charge in [-0.25, -0.2) is 8.42 Å². The summed E-state index contributed by atoms with van der Waals surface area (Å²) in [4.78, 5) is 11.9. The van der Waals surface area contributed by atoms with Crippen molar-refractivity contribution in [2.45, 2.75) is 31.1 Å². The van der Waals surface area contributed by atoms with Crippen molar-refractivity contribution in [3.05, 3.63) is 24.3 Å². The molecule has 7 heteroatoms. The molecule has 0 aromatic heterocycles. The molecule has 0 saturated carbocycles. The fourth-order valence-electron chi connectivity index (χ4n) is 2.87. The highest BCUT2D eigenvalue weighted by molar-refractivity contribution is 7.89. The molecule has 1 amide bonds. The van der Waals surface area contributed by atoms with Gasteiger partial charge in [-0.05, 0) is 37.1 Å². The second-order valence-electron chi connectivity index (χ2n) is 5.95. The van der Waals surface area contributed by atoms with Crippen LogP contribution in [0.4, 0.5) is 5.69 Å². The number of nitrogens with zero attached hydrogens (tertiary/aromatic N) is 2. The second-order valence-corrected chi connectivity index (χ2v) is 7.88. The largest absolute Gasteiger partial charge is 0.285 e. The number of rotatable bonds is 3. The van der Waals surface area contributed by atoms with Gasteiger partial charge in [0.2, 0.25) is 15.9 Å². The first kappa shape index (κ1) is 15.3. The summed E-state index contributed by atoms with van der Waals surface area (Å²) in [6.45, 7) is 3.66. The van der Waals surface area contributed by atoms with Crippen molar-refractivity contribution in [2.24, 2.45) is 5.92 Å². The van der Waals surface area contributed by atoms with Crippen molar-refractivity contribution in [3.63, 3.8) is 0 Å². The Balaban J connectivity index is 1.78. The molecule has 120 valence electrons. The van der Waals surface area contributed by atoms with Gasteiger partial charge in [-0.1, -0.05) is 13.3 Å². The van der Waals surface area contributed by atoms with Crippen molar-refractivity contribution in [1.29, 1.82) is 0 Å². The lowest BCUT2D eigenvalue weighted by atomic mass is 10.2. The van der Waals surface area contributed by atoms with E-state index in [2.05, 4.69) is 5.43 Å². The van der Waals surface area contributed by atoms with E-state index >= 15 is 0 Å². The van der Waals surface area contributed by atoms with E-state index in [0.29, 0.717) is 24.5 Å². The molecule has 0 spiro atoms. The molecular weight excluding hydrogens is 302 g/mol. The number of nitrogens with one attached hydrogen (secondary N) is 1. The molecule has 1 N–H and O–H groups in total. The van der Waals surface area contributed by atoms with Crippen LogP contribution in [0.25, 0.3) is 0 Å². The van der Waals surface area contributed by atoms with Crippen LogP contribution in [0, 0.1) is 5.92 Å². The van der Waals surface area contributed by atoms with Crippen LogP contribution in [-0.4, -0.2) is 38.3 Å². The summed E-state index contributed by atoms with van der Waals surface area (Å²) in [7, 11) is -3.40. The molecule has 2 heterocycles. The van der Waals surface area contributed by atoms with E-state index in [9.17, 15) is 13.2 Å². The highest BCUT2D eigenvalue weighted by Gasteiger charge is 2.28. The predicted octanol–water partition coefficient (Wildman–Crippen LogP) is 1.35. The van der Waals surface area contributed by atoms with Gasteiger partial charge in [0.25, 0.3) is 0 Å². The lowest BCUT2D eigenvalue weighted by Gasteiger charge is -2.26. The molecular formula is C15H21N3O3S. The fraction of sp³-hybridized carbons (Fsp3) is 0.533. The number of benzene rings is 1. The van der Waals surface area contributed by atoms with Gasteiger partial charge in [0.15, 0.2) is 0 Å². The van der Waals surface area contributed by atoms with E-state index in [0.717, 1.165) is 24.9 Å². The Hall–Kier alpha value is -1.60. The summed E-state index contributed by atoms with van der Waals surface area (Å²) in [5, 5.41) is 1.75. The van der Waals surface area contributed by atoms with Crippen LogP contribution in [0.1, 0.15) is 26.2 Å². The third-order valence-electron chi connectivity index (χ3n) is 4.25.